The van der Waals surface area contributed by atoms with Crippen LogP contribution in [0.15, 0.2) is 24.3 Å². The van der Waals surface area contributed by atoms with Crippen molar-refractivity contribution in [3.05, 3.63) is 30.1 Å². The van der Waals surface area contributed by atoms with E-state index in [9.17, 15) is 9.18 Å². The molecule has 5 heteroatoms. The Labute approximate surface area is 101 Å². The summed E-state index contributed by atoms with van der Waals surface area (Å²) in [6, 6.07) is 5.58. The number of hydrogen-bond donors (Lipinski definition) is 2. The minimum atomic E-state index is -0.374. The number of carbonyl (C=O) groups excluding carboxylic acids is 1. The number of nitrogens with one attached hydrogen (secondary N) is 1. The minimum absolute atomic E-state index is 0.0550. The van der Waals surface area contributed by atoms with Crippen molar-refractivity contribution in [1.82, 2.24) is 4.90 Å². The lowest BCUT2D eigenvalue weighted by molar-refractivity contribution is 0.221. The van der Waals surface area contributed by atoms with Gasteiger partial charge in [-0.05, 0) is 31.5 Å². The van der Waals surface area contributed by atoms with E-state index in [1.807, 2.05) is 6.92 Å². The molecule has 94 valence electrons. The van der Waals surface area contributed by atoms with E-state index in [-0.39, 0.29) is 17.9 Å². The van der Waals surface area contributed by atoms with Crippen LogP contribution >= 0.6 is 0 Å². The highest BCUT2D eigenvalue weighted by Gasteiger charge is 2.09. The summed E-state index contributed by atoms with van der Waals surface area (Å²) >= 11 is 0. The SMILES string of the molecule is CC(N)CCN(C)C(=O)Nc1cccc(F)c1. The highest BCUT2D eigenvalue weighted by atomic mass is 19.1. The molecule has 0 aromatic heterocycles. The smallest absolute Gasteiger partial charge is 0.321 e. The molecular formula is C12H18FN3O. The average molecular weight is 239 g/mol. The summed E-state index contributed by atoms with van der Waals surface area (Å²) < 4.78 is 12.9. The molecule has 2 amide bonds. The molecule has 0 heterocycles. The van der Waals surface area contributed by atoms with Gasteiger partial charge in [-0.3, -0.25) is 0 Å². The highest BCUT2D eigenvalue weighted by Crippen LogP contribution is 2.09. The number of amides is 2. The second-order valence-corrected chi connectivity index (χ2v) is 4.13. The van der Waals surface area contributed by atoms with Crippen molar-refractivity contribution < 1.29 is 9.18 Å². The van der Waals surface area contributed by atoms with Crippen molar-refractivity contribution in [2.75, 3.05) is 18.9 Å². The molecule has 17 heavy (non-hydrogen) atoms. The van der Waals surface area contributed by atoms with Gasteiger partial charge in [-0.15, -0.1) is 0 Å². The van der Waals surface area contributed by atoms with Gasteiger partial charge in [0.25, 0.3) is 0 Å². The Morgan fingerprint density at radius 3 is 2.88 bits per heavy atom. The first kappa shape index (κ1) is 13.4. The Morgan fingerprint density at radius 2 is 2.29 bits per heavy atom. The Hall–Kier alpha value is -1.62. The number of rotatable bonds is 4. The van der Waals surface area contributed by atoms with E-state index in [1.165, 1.54) is 17.0 Å². The molecule has 1 atom stereocenters. The van der Waals surface area contributed by atoms with Crippen LogP contribution in [0, 0.1) is 5.82 Å². The van der Waals surface area contributed by atoms with E-state index in [4.69, 9.17) is 5.73 Å². The van der Waals surface area contributed by atoms with Gasteiger partial charge in [0.15, 0.2) is 0 Å². The van der Waals surface area contributed by atoms with Crippen LogP contribution in [0.25, 0.3) is 0 Å². The van der Waals surface area contributed by atoms with Crippen LogP contribution in [0.2, 0.25) is 0 Å². The highest BCUT2D eigenvalue weighted by molar-refractivity contribution is 5.89. The monoisotopic (exact) mass is 239 g/mol. The average Bonchev–Trinajstić information content (AvgIpc) is 2.25. The van der Waals surface area contributed by atoms with Crippen LogP contribution in [0.1, 0.15) is 13.3 Å². The molecule has 0 fully saturated rings. The predicted molar refractivity (Wildman–Crippen MR) is 66.3 cm³/mol. The van der Waals surface area contributed by atoms with E-state index in [1.54, 1.807) is 19.2 Å². The van der Waals surface area contributed by atoms with E-state index in [2.05, 4.69) is 5.32 Å². The third-order valence-electron chi connectivity index (χ3n) is 2.34. The van der Waals surface area contributed by atoms with E-state index < -0.39 is 0 Å². The van der Waals surface area contributed by atoms with Gasteiger partial charge in [-0.1, -0.05) is 6.07 Å². The standard InChI is InChI=1S/C12H18FN3O/c1-9(14)6-7-16(2)12(17)15-11-5-3-4-10(13)8-11/h3-5,8-9H,6-7,14H2,1-2H3,(H,15,17). The zero-order chi connectivity index (χ0) is 12.8. The van der Waals surface area contributed by atoms with Crippen LogP contribution < -0.4 is 11.1 Å². The van der Waals surface area contributed by atoms with Crippen molar-refractivity contribution in [2.45, 2.75) is 19.4 Å². The lowest BCUT2D eigenvalue weighted by Crippen LogP contribution is -2.34. The van der Waals surface area contributed by atoms with Crippen LogP contribution in [0.5, 0.6) is 0 Å². The number of nitrogens with two attached hydrogens (primary N) is 1. The summed E-state index contributed by atoms with van der Waals surface area (Å²) in [4.78, 5) is 13.2. The number of halogens is 1. The van der Waals surface area contributed by atoms with Gasteiger partial charge in [-0.25, -0.2) is 9.18 Å². The zero-order valence-corrected chi connectivity index (χ0v) is 10.1. The fourth-order valence-electron chi connectivity index (χ4n) is 1.28. The zero-order valence-electron chi connectivity index (χ0n) is 10.1. The first-order valence-corrected chi connectivity index (χ1v) is 5.52. The Bertz CT molecular complexity index is 382. The number of nitrogens with zero attached hydrogens (tertiary/aromatic N) is 1. The van der Waals surface area contributed by atoms with Crippen LogP contribution in [0.4, 0.5) is 14.9 Å². The summed E-state index contributed by atoms with van der Waals surface area (Å²) in [7, 11) is 1.68. The maximum Gasteiger partial charge on any atom is 0.321 e. The van der Waals surface area contributed by atoms with Gasteiger partial charge in [0.05, 0.1) is 0 Å². The quantitative estimate of drug-likeness (QED) is 0.844. The fourth-order valence-corrected chi connectivity index (χ4v) is 1.28. The van der Waals surface area contributed by atoms with Gasteiger partial charge in [0.2, 0.25) is 0 Å². The molecule has 4 nitrogen and oxygen atoms in total. The molecule has 0 aliphatic rings. The molecule has 1 aromatic rings. The van der Waals surface area contributed by atoms with Gasteiger partial charge < -0.3 is 16.0 Å². The summed E-state index contributed by atoms with van der Waals surface area (Å²) in [5.41, 5.74) is 6.05. The number of hydrogen-bond acceptors (Lipinski definition) is 2. The Balaban J connectivity index is 2.48. The Kier molecular flexibility index (Phi) is 4.90. The van der Waals surface area contributed by atoms with Gasteiger partial charge in [0.1, 0.15) is 5.82 Å². The maximum atomic E-state index is 12.9. The second-order valence-electron chi connectivity index (χ2n) is 4.13. The summed E-state index contributed by atoms with van der Waals surface area (Å²) in [6.07, 6.45) is 0.729. The third-order valence-corrected chi connectivity index (χ3v) is 2.34. The van der Waals surface area contributed by atoms with Crippen molar-refractivity contribution in [2.24, 2.45) is 5.73 Å². The van der Waals surface area contributed by atoms with Crippen LogP contribution in [0.3, 0.4) is 0 Å². The third kappa shape index (κ3) is 4.82. The first-order chi connectivity index (χ1) is 7.99. The van der Waals surface area contributed by atoms with Crippen molar-refractivity contribution >= 4 is 11.7 Å². The number of carbonyl (C=O) groups is 1. The minimum Gasteiger partial charge on any atom is -0.328 e. The normalized spacial score (nSPS) is 12.0. The van der Waals surface area contributed by atoms with Gasteiger partial charge >= 0.3 is 6.03 Å². The molecule has 1 unspecified atom stereocenters. The summed E-state index contributed by atoms with van der Waals surface area (Å²) in [6.45, 7) is 2.46. The molecule has 0 saturated heterocycles. The topological polar surface area (TPSA) is 58.4 Å². The molecule has 0 bridgehead atoms. The molecule has 0 aliphatic carbocycles. The lowest BCUT2D eigenvalue weighted by Gasteiger charge is -2.18. The molecular weight excluding hydrogens is 221 g/mol. The molecule has 0 saturated carbocycles. The molecule has 3 N–H and O–H groups in total. The number of urea groups is 1. The number of anilines is 1. The second kappa shape index (κ2) is 6.20. The fraction of sp³-hybridized carbons (Fsp3) is 0.417. The van der Waals surface area contributed by atoms with Crippen LogP contribution in [-0.2, 0) is 0 Å². The molecule has 1 rings (SSSR count). The molecule has 1 aromatic carbocycles. The largest absolute Gasteiger partial charge is 0.328 e. The first-order valence-electron chi connectivity index (χ1n) is 5.52. The van der Waals surface area contributed by atoms with E-state index in [0.717, 1.165) is 6.42 Å². The van der Waals surface area contributed by atoms with E-state index in [0.29, 0.717) is 12.2 Å². The van der Waals surface area contributed by atoms with Crippen molar-refractivity contribution in [3.63, 3.8) is 0 Å². The van der Waals surface area contributed by atoms with Crippen LogP contribution in [-0.4, -0.2) is 30.6 Å². The maximum absolute atomic E-state index is 12.9. The van der Waals surface area contributed by atoms with Gasteiger partial charge in [0, 0.05) is 25.3 Å². The van der Waals surface area contributed by atoms with Gasteiger partial charge in [-0.2, -0.15) is 0 Å². The van der Waals surface area contributed by atoms with E-state index >= 15 is 0 Å². The van der Waals surface area contributed by atoms with Crippen molar-refractivity contribution in [1.29, 1.82) is 0 Å². The molecule has 0 aliphatic heterocycles. The summed E-state index contributed by atoms with van der Waals surface area (Å²) in [5.74, 6) is -0.374. The van der Waals surface area contributed by atoms with Crippen molar-refractivity contribution in [3.8, 4) is 0 Å². The molecule has 0 radical (unpaired) electrons. The number of benzene rings is 1. The lowest BCUT2D eigenvalue weighted by atomic mass is 10.2. The Morgan fingerprint density at radius 1 is 1.59 bits per heavy atom. The predicted octanol–water partition coefficient (Wildman–Crippen LogP) is 2.03. The molecule has 0 spiro atoms. The summed E-state index contributed by atoms with van der Waals surface area (Å²) in [5, 5.41) is 2.61.